The van der Waals surface area contributed by atoms with Crippen LogP contribution in [0, 0.1) is 21.2 Å². The van der Waals surface area contributed by atoms with E-state index in [1.54, 1.807) is 22.6 Å². The Labute approximate surface area is 112 Å². The number of hydrogen-bond donors (Lipinski definition) is 1. The highest BCUT2D eigenvalue weighted by Crippen LogP contribution is 2.21. The number of nitrogens with zero attached hydrogens (tertiary/aromatic N) is 2. The largest absolute Gasteiger partial charge is 0.478 e. The first-order valence-corrected chi connectivity index (χ1v) is 5.61. The molecule has 1 N–H and O–H groups in total. The number of carboxylic acid groups (broad SMARTS) is 1. The minimum Gasteiger partial charge on any atom is -0.478 e. The van der Waals surface area contributed by atoms with Crippen molar-refractivity contribution in [2.24, 2.45) is 0 Å². The van der Waals surface area contributed by atoms with Gasteiger partial charge < -0.3 is 5.11 Å². The van der Waals surface area contributed by atoms with Gasteiger partial charge in [-0.3, -0.25) is 0 Å². The molecule has 0 aliphatic heterocycles. The van der Waals surface area contributed by atoms with E-state index >= 15 is 0 Å². The molecule has 0 spiro atoms. The summed E-state index contributed by atoms with van der Waals surface area (Å²) in [5, 5.41) is 12.4. The SMILES string of the molecule is O=C(O)c1cnn(-c2cc(F)c(F)cc2F)c1I. The van der Waals surface area contributed by atoms with Gasteiger partial charge in [0.1, 0.15) is 15.0 Å². The van der Waals surface area contributed by atoms with Gasteiger partial charge in [-0.1, -0.05) is 0 Å². The number of aromatic carboxylic acids is 1. The monoisotopic (exact) mass is 368 g/mol. The Balaban J connectivity index is 2.63. The summed E-state index contributed by atoms with van der Waals surface area (Å²) in [6, 6.07) is 0.994. The van der Waals surface area contributed by atoms with Gasteiger partial charge in [-0.25, -0.2) is 22.6 Å². The predicted molar refractivity (Wildman–Crippen MR) is 63.1 cm³/mol. The lowest BCUT2D eigenvalue weighted by Crippen LogP contribution is -2.06. The van der Waals surface area contributed by atoms with E-state index in [0.717, 1.165) is 10.9 Å². The van der Waals surface area contributed by atoms with Gasteiger partial charge in [0.2, 0.25) is 0 Å². The number of benzene rings is 1. The van der Waals surface area contributed by atoms with E-state index in [1.165, 1.54) is 0 Å². The molecule has 0 fully saturated rings. The summed E-state index contributed by atoms with van der Waals surface area (Å²) in [6.07, 6.45) is 1.00. The summed E-state index contributed by atoms with van der Waals surface area (Å²) in [7, 11) is 0. The van der Waals surface area contributed by atoms with Crippen molar-refractivity contribution < 1.29 is 23.1 Å². The fraction of sp³-hybridized carbons (Fsp3) is 0. The van der Waals surface area contributed by atoms with Crippen molar-refractivity contribution in [1.82, 2.24) is 9.78 Å². The summed E-state index contributed by atoms with van der Waals surface area (Å²) < 4.78 is 40.3. The van der Waals surface area contributed by atoms with Crippen LogP contribution >= 0.6 is 22.6 Å². The zero-order valence-corrected chi connectivity index (χ0v) is 10.7. The molecule has 2 rings (SSSR count). The van der Waals surface area contributed by atoms with Crippen LogP contribution in [0.3, 0.4) is 0 Å². The normalized spacial score (nSPS) is 10.7. The van der Waals surface area contributed by atoms with E-state index in [1.807, 2.05) is 0 Å². The van der Waals surface area contributed by atoms with Crippen molar-refractivity contribution in [2.75, 3.05) is 0 Å². The van der Waals surface area contributed by atoms with Crippen LogP contribution in [0.1, 0.15) is 10.4 Å². The molecule has 0 atom stereocenters. The maximum Gasteiger partial charge on any atom is 0.340 e. The minimum atomic E-state index is -1.32. The lowest BCUT2D eigenvalue weighted by atomic mass is 10.3. The molecule has 0 radical (unpaired) electrons. The third-order valence-electron chi connectivity index (χ3n) is 2.16. The molecule has 4 nitrogen and oxygen atoms in total. The minimum absolute atomic E-state index is 0.0880. The zero-order valence-electron chi connectivity index (χ0n) is 8.49. The Hall–Kier alpha value is -1.58. The van der Waals surface area contributed by atoms with Crippen molar-refractivity contribution in [3.63, 3.8) is 0 Å². The first-order valence-electron chi connectivity index (χ1n) is 4.53. The second kappa shape index (κ2) is 4.59. The maximum atomic E-state index is 13.5. The molecule has 18 heavy (non-hydrogen) atoms. The summed E-state index contributed by atoms with van der Waals surface area (Å²) in [4.78, 5) is 10.8. The number of aromatic nitrogens is 2. The second-order valence-electron chi connectivity index (χ2n) is 3.28. The Morgan fingerprint density at radius 1 is 1.22 bits per heavy atom. The smallest absolute Gasteiger partial charge is 0.340 e. The molecule has 8 heteroatoms. The molecular formula is C10H4F3IN2O2. The lowest BCUT2D eigenvalue weighted by molar-refractivity contribution is 0.0695. The van der Waals surface area contributed by atoms with Gasteiger partial charge >= 0.3 is 5.97 Å². The highest BCUT2D eigenvalue weighted by Gasteiger charge is 2.19. The van der Waals surface area contributed by atoms with Crippen LogP contribution < -0.4 is 0 Å². The molecule has 0 saturated heterocycles. The molecule has 0 amide bonds. The third kappa shape index (κ3) is 2.07. The topological polar surface area (TPSA) is 55.1 Å². The Morgan fingerprint density at radius 2 is 1.83 bits per heavy atom. The fourth-order valence-electron chi connectivity index (χ4n) is 1.32. The van der Waals surface area contributed by atoms with Crippen LogP contribution in [0.25, 0.3) is 5.69 Å². The van der Waals surface area contributed by atoms with Crippen molar-refractivity contribution in [3.8, 4) is 5.69 Å². The lowest BCUT2D eigenvalue weighted by Gasteiger charge is -2.05. The van der Waals surface area contributed by atoms with E-state index < -0.39 is 23.4 Å². The van der Waals surface area contributed by atoms with Crippen LogP contribution in [-0.4, -0.2) is 20.9 Å². The van der Waals surface area contributed by atoms with Crippen molar-refractivity contribution >= 4 is 28.6 Å². The van der Waals surface area contributed by atoms with Gasteiger partial charge in [0, 0.05) is 12.1 Å². The van der Waals surface area contributed by atoms with E-state index in [4.69, 9.17) is 5.11 Å². The predicted octanol–water partition coefficient (Wildman–Crippen LogP) is 2.59. The molecule has 1 heterocycles. The second-order valence-corrected chi connectivity index (χ2v) is 4.31. The van der Waals surface area contributed by atoms with Gasteiger partial charge in [-0.15, -0.1) is 0 Å². The van der Waals surface area contributed by atoms with Gasteiger partial charge in [0.05, 0.1) is 6.20 Å². The molecule has 0 bridgehead atoms. The van der Waals surface area contributed by atoms with E-state index in [2.05, 4.69) is 5.10 Å². The van der Waals surface area contributed by atoms with Crippen LogP contribution in [0.2, 0.25) is 0 Å². The van der Waals surface area contributed by atoms with Crippen LogP contribution in [0.5, 0.6) is 0 Å². The highest BCUT2D eigenvalue weighted by atomic mass is 127. The first kappa shape index (κ1) is 12.9. The molecule has 2 aromatic rings. The summed E-state index contributed by atoms with van der Waals surface area (Å²) in [5.41, 5.74) is -0.509. The molecular weight excluding hydrogens is 364 g/mol. The van der Waals surface area contributed by atoms with Crippen LogP contribution in [0.15, 0.2) is 18.3 Å². The van der Waals surface area contributed by atoms with Gasteiger partial charge in [0.15, 0.2) is 17.5 Å². The average molecular weight is 368 g/mol. The quantitative estimate of drug-likeness (QED) is 0.655. The van der Waals surface area contributed by atoms with E-state index in [0.29, 0.717) is 12.1 Å². The molecule has 0 aliphatic rings. The van der Waals surface area contributed by atoms with Crippen molar-refractivity contribution in [1.29, 1.82) is 0 Å². The summed E-state index contributed by atoms with van der Waals surface area (Å²) >= 11 is 1.63. The Kier molecular flexibility index (Phi) is 3.28. The van der Waals surface area contributed by atoms with Gasteiger partial charge in [-0.2, -0.15) is 5.10 Å². The number of hydrogen-bond acceptors (Lipinski definition) is 2. The number of rotatable bonds is 2. The molecule has 0 saturated carbocycles. The highest BCUT2D eigenvalue weighted by molar-refractivity contribution is 14.1. The molecule has 0 aliphatic carbocycles. The first-order chi connectivity index (χ1) is 8.41. The molecule has 1 aromatic carbocycles. The van der Waals surface area contributed by atoms with Crippen molar-refractivity contribution in [2.45, 2.75) is 0 Å². The zero-order chi connectivity index (χ0) is 13.4. The van der Waals surface area contributed by atoms with Gasteiger partial charge in [0.25, 0.3) is 0 Å². The van der Waals surface area contributed by atoms with E-state index in [9.17, 15) is 18.0 Å². The van der Waals surface area contributed by atoms with Crippen LogP contribution in [0.4, 0.5) is 13.2 Å². The number of halogens is 4. The van der Waals surface area contributed by atoms with Crippen molar-refractivity contribution in [3.05, 3.63) is 45.0 Å². The summed E-state index contributed by atoms with van der Waals surface area (Å²) in [6.45, 7) is 0. The Bertz CT molecular complexity index is 642. The molecule has 94 valence electrons. The van der Waals surface area contributed by atoms with Crippen LogP contribution in [-0.2, 0) is 0 Å². The summed E-state index contributed by atoms with van der Waals surface area (Å²) in [5.74, 6) is -4.84. The number of carbonyl (C=O) groups is 1. The van der Waals surface area contributed by atoms with Gasteiger partial charge in [-0.05, 0) is 22.6 Å². The average Bonchev–Trinajstić information content (AvgIpc) is 2.66. The maximum absolute atomic E-state index is 13.5. The van der Waals surface area contributed by atoms with E-state index in [-0.39, 0.29) is 15.0 Å². The number of carboxylic acids is 1. The molecule has 1 aromatic heterocycles. The Morgan fingerprint density at radius 3 is 2.39 bits per heavy atom. The third-order valence-corrected chi connectivity index (χ3v) is 3.20. The standard InChI is InChI=1S/C10H4F3IN2O2/c11-5-1-7(13)8(2-6(5)12)16-9(14)4(3-15-16)10(17)18/h1-3H,(H,17,18). The fourth-order valence-corrected chi connectivity index (χ4v) is 2.07. The molecule has 0 unspecified atom stereocenters.